The molecule has 6 heteroatoms. The fourth-order valence-corrected chi connectivity index (χ4v) is 4.25. The quantitative estimate of drug-likeness (QED) is 0.848. The zero-order chi connectivity index (χ0) is 18.1. The van der Waals surface area contributed by atoms with E-state index in [4.69, 9.17) is 0 Å². The monoisotopic (exact) mass is 351 g/mol. The zero-order valence-corrected chi connectivity index (χ0v) is 15.4. The van der Waals surface area contributed by atoms with Crippen molar-refractivity contribution in [2.75, 3.05) is 19.6 Å². The molecule has 0 spiro atoms. The summed E-state index contributed by atoms with van der Waals surface area (Å²) in [5, 5.41) is 0. The van der Waals surface area contributed by atoms with Crippen LogP contribution in [-0.4, -0.2) is 56.3 Å². The van der Waals surface area contributed by atoms with Gasteiger partial charge in [-0.3, -0.25) is 14.7 Å². The van der Waals surface area contributed by atoms with Gasteiger partial charge < -0.3 is 4.90 Å². The molecule has 2 bridgehead atoms. The van der Waals surface area contributed by atoms with Crippen molar-refractivity contribution in [1.29, 1.82) is 0 Å². The summed E-state index contributed by atoms with van der Waals surface area (Å²) in [5.74, 6) is 1.23. The first-order chi connectivity index (χ1) is 12.6. The van der Waals surface area contributed by atoms with Crippen LogP contribution in [0.1, 0.15) is 40.5 Å². The Morgan fingerprint density at radius 2 is 2.04 bits per heavy atom. The topological polar surface area (TPSA) is 62.2 Å². The summed E-state index contributed by atoms with van der Waals surface area (Å²) in [7, 11) is 0. The van der Waals surface area contributed by atoms with Crippen molar-refractivity contribution in [3.05, 3.63) is 53.4 Å². The number of piperidine rings is 1. The van der Waals surface area contributed by atoms with Gasteiger partial charge in [0.25, 0.3) is 5.91 Å². The second-order valence-corrected chi connectivity index (χ2v) is 7.51. The number of nitrogens with zero attached hydrogens (tertiary/aromatic N) is 5. The molecular weight excluding hydrogens is 326 g/mol. The van der Waals surface area contributed by atoms with Crippen molar-refractivity contribution in [2.24, 2.45) is 5.92 Å². The Kier molecular flexibility index (Phi) is 4.68. The summed E-state index contributed by atoms with van der Waals surface area (Å²) in [5.41, 5.74) is 2.46. The van der Waals surface area contributed by atoms with Crippen LogP contribution in [0.15, 0.2) is 30.5 Å². The maximum atomic E-state index is 13.1. The lowest BCUT2D eigenvalue weighted by Crippen LogP contribution is -2.47. The normalized spacial score (nSPS) is 23.1. The van der Waals surface area contributed by atoms with Gasteiger partial charge in [-0.05, 0) is 50.8 Å². The average Bonchev–Trinajstić information content (AvgIpc) is 2.91. The minimum Gasteiger partial charge on any atom is -0.333 e. The molecule has 2 atom stereocenters. The standard InChI is InChI=1S/C20H25N5O/c1-14-9-19(23-15(2)22-14)20(26)25-11-16-6-7-18(25)13-24(10-16)12-17-5-3-4-8-21-17/h3-5,8-9,16,18H,6-7,10-13H2,1-2H3/t16-,18+/m1/s1. The van der Waals surface area contributed by atoms with E-state index in [9.17, 15) is 4.79 Å². The van der Waals surface area contributed by atoms with Crippen LogP contribution in [0, 0.1) is 19.8 Å². The van der Waals surface area contributed by atoms with E-state index in [1.807, 2.05) is 37.1 Å². The van der Waals surface area contributed by atoms with E-state index in [1.54, 1.807) is 6.07 Å². The second-order valence-electron chi connectivity index (χ2n) is 7.51. The maximum absolute atomic E-state index is 13.1. The first kappa shape index (κ1) is 17.1. The number of rotatable bonds is 3. The highest BCUT2D eigenvalue weighted by Gasteiger charge is 2.37. The third-order valence-electron chi connectivity index (χ3n) is 5.35. The number of hydrogen-bond donors (Lipinski definition) is 0. The van der Waals surface area contributed by atoms with Gasteiger partial charge >= 0.3 is 0 Å². The summed E-state index contributed by atoms with van der Waals surface area (Å²) >= 11 is 0. The number of aryl methyl sites for hydroxylation is 2. The van der Waals surface area contributed by atoms with Crippen molar-refractivity contribution >= 4 is 5.91 Å². The minimum atomic E-state index is 0.0491. The van der Waals surface area contributed by atoms with Crippen LogP contribution in [0.2, 0.25) is 0 Å². The number of carbonyl (C=O) groups is 1. The number of pyridine rings is 1. The summed E-state index contributed by atoms with van der Waals surface area (Å²) in [6, 6.07) is 8.11. The van der Waals surface area contributed by atoms with Crippen molar-refractivity contribution in [3.63, 3.8) is 0 Å². The molecule has 3 aliphatic rings. The first-order valence-electron chi connectivity index (χ1n) is 9.34. The molecule has 0 aromatic carbocycles. The number of carbonyl (C=O) groups excluding carboxylic acids is 1. The SMILES string of the molecule is Cc1cc(C(=O)N2C[C@@H]3CC[C@H]2CN(Cc2ccccn2)C3)nc(C)n1. The van der Waals surface area contributed by atoms with Gasteiger partial charge in [-0.1, -0.05) is 6.07 Å². The summed E-state index contributed by atoms with van der Waals surface area (Å²) < 4.78 is 0. The molecule has 0 unspecified atom stereocenters. The van der Waals surface area contributed by atoms with Gasteiger partial charge in [0.15, 0.2) is 0 Å². The lowest BCUT2D eigenvalue weighted by Gasteiger charge is -2.36. The van der Waals surface area contributed by atoms with Crippen molar-refractivity contribution in [2.45, 2.75) is 39.3 Å². The van der Waals surface area contributed by atoms with Crippen LogP contribution < -0.4 is 0 Å². The molecule has 136 valence electrons. The molecule has 0 aliphatic carbocycles. The van der Waals surface area contributed by atoms with Gasteiger partial charge in [0.1, 0.15) is 11.5 Å². The van der Waals surface area contributed by atoms with Crippen LogP contribution in [0.3, 0.4) is 0 Å². The Morgan fingerprint density at radius 3 is 2.81 bits per heavy atom. The molecular formula is C20H25N5O. The number of fused-ring (bicyclic) bond motifs is 4. The van der Waals surface area contributed by atoms with Crippen LogP contribution in [0.25, 0.3) is 0 Å². The van der Waals surface area contributed by atoms with E-state index < -0.39 is 0 Å². The molecule has 0 N–H and O–H groups in total. The number of hydrogen-bond acceptors (Lipinski definition) is 5. The molecule has 0 saturated carbocycles. The molecule has 2 aromatic heterocycles. The average molecular weight is 351 g/mol. The van der Waals surface area contributed by atoms with Crippen molar-refractivity contribution in [3.8, 4) is 0 Å². The summed E-state index contributed by atoms with van der Waals surface area (Å²) in [6.07, 6.45) is 4.10. The molecule has 26 heavy (non-hydrogen) atoms. The van der Waals surface area contributed by atoms with Crippen LogP contribution in [0.5, 0.6) is 0 Å². The van der Waals surface area contributed by atoms with Crippen LogP contribution >= 0.6 is 0 Å². The zero-order valence-electron chi connectivity index (χ0n) is 15.4. The molecule has 5 rings (SSSR count). The Labute approximate surface area is 154 Å². The van der Waals surface area contributed by atoms with E-state index in [-0.39, 0.29) is 11.9 Å². The van der Waals surface area contributed by atoms with Crippen LogP contribution in [-0.2, 0) is 6.54 Å². The van der Waals surface area contributed by atoms with Crippen molar-refractivity contribution < 1.29 is 4.79 Å². The van der Waals surface area contributed by atoms with Crippen LogP contribution in [0.4, 0.5) is 0 Å². The van der Waals surface area contributed by atoms with Gasteiger partial charge in [0.05, 0.1) is 5.69 Å². The van der Waals surface area contributed by atoms with E-state index in [2.05, 4.69) is 25.9 Å². The van der Waals surface area contributed by atoms with Gasteiger partial charge in [-0.15, -0.1) is 0 Å². The molecule has 5 heterocycles. The third-order valence-corrected chi connectivity index (χ3v) is 5.35. The molecule has 0 radical (unpaired) electrons. The fraction of sp³-hybridized carbons (Fsp3) is 0.500. The summed E-state index contributed by atoms with van der Waals surface area (Å²) in [6.45, 7) is 7.36. The Hall–Kier alpha value is -2.34. The molecule has 1 amide bonds. The largest absolute Gasteiger partial charge is 0.333 e. The van der Waals surface area contributed by atoms with Crippen molar-refractivity contribution in [1.82, 2.24) is 24.8 Å². The van der Waals surface area contributed by atoms with E-state index in [1.165, 1.54) is 6.42 Å². The third kappa shape index (κ3) is 3.60. The fourth-order valence-electron chi connectivity index (χ4n) is 4.25. The Morgan fingerprint density at radius 1 is 1.15 bits per heavy atom. The van der Waals surface area contributed by atoms with Gasteiger partial charge in [-0.2, -0.15) is 0 Å². The van der Waals surface area contributed by atoms with Gasteiger partial charge in [0.2, 0.25) is 0 Å². The summed E-state index contributed by atoms with van der Waals surface area (Å²) in [4.78, 5) is 30.7. The smallest absolute Gasteiger partial charge is 0.272 e. The minimum absolute atomic E-state index is 0.0491. The Bertz CT molecular complexity index is 774. The number of aromatic nitrogens is 3. The lowest BCUT2D eigenvalue weighted by molar-refractivity contribution is 0.0578. The predicted octanol–water partition coefficient (Wildman–Crippen LogP) is 2.23. The molecule has 3 aliphatic heterocycles. The highest BCUT2D eigenvalue weighted by molar-refractivity contribution is 5.92. The molecule has 2 aromatic rings. The molecule has 3 saturated heterocycles. The van der Waals surface area contributed by atoms with Gasteiger partial charge in [0, 0.05) is 44.1 Å². The predicted molar refractivity (Wildman–Crippen MR) is 98.6 cm³/mol. The Balaban J connectivity index is 1.52. The number of amides is 1. The van der Waals surface area contributed by atoms with E-state index >= 15 is 0 Å². The molecule has 6 nitrogen and oxygen atoms in total. The second kappa shape index (κ2) is 7.11. The molecule has 3 fully saturated rings. The van der Waals surface area contributed by atoms with E-state index in [0.29, 0.717) is 17.4 Å². The lowest BCUT2D eigenvalue weighted by atomic mass is 9.94. The van der Waals surface area contributed by atoms with E-state index in [0.717, 1.165) is 44.0 Å². The van der Waals surface area contributed by atoms with Gasteiger partial charge in [-0.25, -0.2) is 9.97 Å². The maximum Gasteiger partial charge on any atom is 0.272 e. The highest BCUT2D eigenvalue weighted by atomic mass is 16.2. The first-order valence-corrected chi connectivity index (χ1v) is 9.34. The highest BCUT2D eigenvalue weighted by Crippen LogP contribution is 2.29.